The zero-order valence-electron chi connectivity index (χ0n) is 8.11. The lowest BCUT2D eigenvalue weighted by molar-refractivity contribution is -0.145. The van der Waals surface area contributed by atoms with Crippen LogP contribution in [0.2, 0.25) is 0 Å². The maximum atomic E-state index is 5.79. The third-order valence-corrected chi connectivity index (χ3v) is 2.89. The molecule has 0 amide bonds. The van der Waals surface area contributed by atoms with E-state index in [0.717, 1.165) is 0 Å². The molecule has 2 fully saturated rings. The Bertz CT molecular complexity index is 282. The van der Waals surface area contributed by atoms with Gasteiger partial charge in [0.15, 0.2) is 5.79 Å². The molecule has 0 spiro atoms. The van der Waals surface area contributed by atoms with Crippen molar-refractivity contribution in [2.24, 2.45) is 0 Å². The third kappa shape index (κ3) is 1.08. The van der Waals surface area contributed by atoms with E-state index in [4.69, 9.17) is 14.2 Å². The van der Waals surface area contributed by atoms with Gasteiger partial charge in [0, 0.05) is 0 Å². The molecule has 2 unspecified atom stereocenters. The zero-order valence-corrected chi connectivity index (χ0v) is 8.11. The topological polar surface area (TPSA) is 31.0 Å². The van der Waals surface area contributed by atoms with Crippen LogP contribution in [0, 0.1) is 0 Å². The van der Waals surface area contributed by atoms with E-state index >= 15 is 0 Å². The summed E-state index contributed by atoms with van der Waals surface area (Å²) in [5.74, 6) is -0.453. The van der Waals surface area contributed by atoms with Crippen molar-refractivity contribution in [2.75, 3.05) is 0 Å². The molecule has 3 nitrogen and oxygen atoms in total. The summed E-state index contributed by atoms with van der Waals surface area (Å²) in [5.41, 5.74) is 1.24. The minimum Gasteiger partial charge on any atom is -0.362 e. The molecule has 2 saturated heterocycles. The fourth-order valence-electron chi connectivity index (χ4n) is 2.27. The highest BCUT2D eigenvalue weighted by atomic mass is 16.8. The smallest absolute Gasteiger partial charge is 0.164 e. The molecule has 0 radical (unpaired) electrons. The van der Waals surface area contributed by atoms with Crippen molar-refractivity contribution in [3.05, 3.63) is 11.6 Å². The van der Waals surface area contributed by atoms with E-state index in [9.17, 15) is 0 Å². The van der Waals surface area contributed by atoms with Crippen LogP contribution in [0.1, 0.15) is 20.8 Å². The van der Waals surface area contributed by atoms with Crippen LogP contribution >= 0.6 is 0 Å². The van der Waals surface area contributed by atoms with Crippen LogP contribution in [-0.4, -0.2) is 30.2 Å². The Kier molecular flexibility index (Phi) is 1.33. The standard InChI is InChI=1S/C10H14O3/c1-5-4-6-8(11-6)9-7(5)12-10(2,3)13-9/h4,6-9H,1-3H3/t6?,7-,8?,9-/m1/s1. The average Bonchev–Trinajstić information content (AvgIpc) is 2.68. The van der Waals surface area contributed by atoms with Gasteiger partial charge in [-0.15, -0.1) is 0 Å². The molecule has 0 aromatic heterocycles. The Hall–Kier alpha value is -0.380. The first-order valence-corrected chi connectivity index (χ1v) is 4.76. The first-order valence-electron chi connectivity index (χ1n) is 4.76. The van der Waals surface area contributed by atoms with Gasteiger partial charge in [0.25, 0.3) is 0 Å². The first kappa shape index (κ1) is 7.97. The number of ether oxygens (including phenoxy) is 3. The van der Waals surface area contributed by atoms with Crippen LogP contribution in [0.4, 0.5) is 0 Å². The summed E-state index contributed by atoms with van der Waals surface area (Å²) in [5, 5.41) is 0. The summed E-state index contributed by atoms with van der Waals surface area (Å²) in [4.78, 5) is 0. The van der Waals surface area contributed by atoms with Crippen molar-refractivity contribution >= 4 is 0 Å². The summed E-state index contributed by atoms with van der Waals surface area (Å²) >= 11 is 0. The van der Waals surface area contributed by atoms with E-state index in [-0.39, 0.29) is 18.3 Å². The zero-order chi connectivity index (χ0) is 9.22. The lowest BCUT2D eigenvalue weighted by Crippen LogP contribution is -2.33. The molecule has 3 heteroatoms. The third-order valence-electron chi connectivity index (χ3n) is 2.89. The van der Waals surface area contributed by atoms with Crippen LogP contribution in [-0.2, 0) is 14.2 Å². The SMILES string of the molecule is CC1=CC2OC2[C@@H]2OC(C)(C)O[C@H]12. The molecular weight excluding hydrogens is 168 g/mol. The van der Waals surface area contributed by atoms with Crippen LogP contribution in [0.5, 0.6) is 0 Å². The molecule has 0 bridgehead atoms. The summed E-state index contributed by atoms with van der Waals surface area (Å²) in [6.07, 6.45) is 2.91. The predicted molar refractivity (Wildman–Crippen MR) is 46.2 cm³/mol. The summed E-state index contributed by atoms with van der Waals surface area (Å²) in [7, 11) is 0. The molecule has 0 saturated carbocycles. The van der Waals surface area contributed by atoms with Gasteiger partial charge in [-0.3, -0.25) is 0 Å². The number of epoxide rings is 1. The highest BCUT2D eigenvalue weighted by Gasteiger charge is 2.57. The molecular formula is C10H14O3. The predicted octanol–water partition coefficient (Wildman–Crippen LogP) is 1.23. The van der Waals surface area contributed by atoms with Crippen LogP contribution < -0.4 is 0 Å². The summed E-state index contributed by atoms with van der Waals surface area (Å²) < 4.78 is 17.1. The first-order chi connectivity index (χ1) is 6.07. The Morgan fingerprint density at radius 2 is 2.00 bits per heavy atom. The summed E-state index contributed by atoms with van der Waals surface area (Å²) in [6, 6.07) is 0. The fourth-order valence-corrected chi connectivity index (χ4v) is 2.27. The highest BCUT2D eigenvalue weighted by molar-refractivity contribution is 5.25. The van der Waals surface area contributed by atoms with Gasteiger partial charge in [0.05, 0.1) is 0 Å². The lowest BCUT2D eigenvalue weighted by Gasteiger charge is -2.18. The van der Waals surface area contributed by atoms with Gasteiger partial charge in [-0.25, -0.2) is 0 Å². The van der Waals surface area contributed by atoms with Crippen LogP contribution in [0.3, 0.4) is 0 Å². The normalized spacial score (nSPS) is 50.8. The fraction of sp³-hybridized carbons (Fsp3) is 0.800. The molecule has 2 heterocycles. The largest absolute Gasteiger partial charge is 0.362 e. The molecule has 13 heavy (non-hydrogen) atoms. The molecule has 72 valence electrons. The molecule has 0 aromatic carbocycles. The Balaban J connectivity index is 1.93. The van der Waals surface area contributed by atoms with E-state index < -0.39 is 5.79 Å². The molecule has 2 aliphatic heterocycles. The number of hydrogen-bond donors (Lipinski definition) is 0. The average molecular weight is 182 g/mol. The van der Waals surface area contributed by atoms with Crippen LogP contribution in [0.25, 0.3) is 0 Å². The monoisotopic (exact) mass is 182 g/mol. The van der Waals surface area contributed by atoms with Crippen molar-refractivity contribution in [3.8, 4) is 0 Å². The maximum absolute atomic E-state index is 5.79. The number of rotatable bonds is 0. The number of fused-ring (bicyclic) bond motifs is 3. The van der Waals surface area contributed by atoms with Crippen molar-refractivity contribution in [1.82, 2.24) is 0 Å². The van der Waals surface area contributed by atoms with Gasteiger partial charge in [0.2, 0.25) is 0 Å². The lowest BCUT2D eigenvalue weighted by atomic mass is 9.95. The highest BCUT2D eigenvalue weighted by Crippen LogP contribution is 2.45. The minimum absolute atomic E-state index is 0.110. The van der Waals surface area contributed by atoms with Gasteiger partial charge in [0.1, 0.15) is 24.4 Å². The Labute approximate surface area is 77.7 Å². The molecule has 3 aliphatic rings. The van der Waals surface area contributed by atoms with Crippen molar-refractivity contribution in [3.63, 3.8) is 0 Å². The molecule has 3 rings (SSSR count). The van der Waals surface area contributed by atoms with Gasteiger partial charge in [-0.05, 0) is 26.3 Å². The van der Waals surface area contributed by atoms with Crippen molar-refractivity contribution < 1.29 is 14.2 Å². The van der Waals surface area contributed by atoms with E-state index in [2.05, 4.69) is 13.0 Å². The second-order valence-corrected chi connectivity index (χ2v) is 4.50. The van der Waals surface area contributed by atoms with E-state index in [1.807, 2.05) is 13.8 Å². The number of hydrogen-bond acceptors (Lipinski definition) is 3. The minimum atomic E-state index is -0.453. The molecule has 4 atom stereocenters. The Morgan fingerprint density at radius 1 is 1.23 bits per heavy atom. The van der Waals surface area contributed by atoms with E-state index in [0.29, 0.717) is 6.10 Å². The second kappa shape index (κ2) is 2.16. The molecule has 0 N–H and O–H groups in total. The van der Waals surface area contributed by atoms with Gasteiger partial charge >= 0.3 is 0 Å². The second-order valence-electron chi connectivity index (χ2n) is 4.50. The Morgan fingerprint density at radius 3 is 2.77 bits per heavy atom. The van der Waals surface area contributed by atoms with E-state index in [1.54, 1.807) is 0 Å². The van der Waals surface area contributed by atoms with Crippen molar-refractivity contribution in [2.45, 2.75) is 51.0 Å². The maximum Gasteiger partial charge on any atom is 0.164 e. The van der Waals surface area contributed by atoms with Gasteiger partial charge in [-0.1, -0.05) is 6.08 Å². The van der Waals surface area contributed by atoms with Gasteiger partial charge < -0.3 is 14.2 Å². The van der Waals surface area contributed by atoms with E-state index in [1.165, 1.54) is 5.57 Å². The van der Waals surface area contributed by atoms with Crippen molar-refractivity contribution in [1.29, 1.82) is 0 Å². The van der Waals surface area contributed by atoms with Crippen LogP contribution in [0.15, 0.2) is 11.6 Å². The summed E-state index contributed by atoms with van der Waals surface area (Å²) in [6.45, 7) is 5.99. The quantitative estimate of drug-likeness (QED) is 0.417. The molecule has 1 aliphatic carbocycles. The van der Waals surface area contributed by atoms with Gasteiger partial charge in [-0.2, -0.15) is 0 Å². The molecule has 0 aromatic rings.